The molecule has 3 N–H and O–H groups in total. The quantitative estimate of drug-likeness (QED) is 0.559. The number of nitrogens with zero attached hydrogens (tertiary/aromatic N) is 5. The summed E-state index contributed by atoms with van der Waals surface area (Å²) in [4.78, 5) is 31.5. The number of halogens is 1. The van der Waals surface area contributed by atoms with E-state index >= 15 is 0 Å². The van der Waals surface area contributed by atoms with Gasteiger partial charge in [-0.25, -0.2) is 9.37 Å². The normalized spacial score (nSPS) is 24.2. The van der Waals surface area contributed by atoms with Gasteiger partial charge in [-0.05, 0) is 37.8 Å². The maximum atomic E-state index is 13.3. The number of alkyl halides is 1. The second-order valence-electron chi connectivity index (χ2n) is 8.67. The Morgan fingerprint density at radius 3 is 2.79 bits per heavy atom. The summed E-state index contributed by atoms with van der Waals surface area (Å²) in [5, 5.41) is 7.40. The zero-order chi connectivity index (χ0) is 23.3. The third-order valence-electron chi connectivity index (χ3n) is 6.74. The van der Waals surface area contributed by atoms with Gasteiger partial charge >= 0.3 is 0 Å². The Morgan fingerprint density at radius 2 is 2.15 bits per heavy atom. The first kappa shape index (κ1) is 21.4. The highest BCUT2D eigenvalue weighted by Crippen LogP contribution is 2.34. The first-order valence-corrected chi connectivity index (χ1v) is 10.9. The van der Waals surface area contributed by atoms with Gasteiger partial charge in [-0.2, -0.15) is 9.61 Å². The summed E-state index contributed by atoms with van der Waals surface area (Å²) in [6, 6.07) is 5.15. The minimum Gasteiger partial charge on any atom is -0.379 e. The minimum absolute atomic E-state index is 0.0870. The number of rotatable bonds is 7. The zero-order valence-electron chi connectivity index (χ0n) is 18.4. The monoisotopic (exact) mass is 455 g/mol. The van der Waals surface area contributed by atoms with Gasteiger partial charge in [0.2, 0.25) is 0 Å². The highest BCUT2D eigenvalue weighted by atomic mass is 19.1. The molecule has 11 heteroatoms. The van der Waals surface area contributed by atoms with Crippen LogP contribution in [0, 0.1) is 0 Å². The highest BCUT2D eigenvalue weighted by Gasteiger charge is 2.36. The molecular weight excluding hydrogens is 429 g/mol. The number of fused-ring (bicyclic) bond motifs is 1. The number of methoxy groups -OCH3 is 1. The Hall–Kier alpha value is -3.47. The van der Waals surface area contributed by atoms with Crippen molar-refractivity contribution in [1.82, 2.24) is 19.2 Å². The summed E-state index contributed by atoms with van der Waals surface area (Å²) in [5.41, 5.74) is 6.06. The largest absolute Gasteiger partial charge is 0.379 e. The molecule has 3 aromatic rings. The number of ether oxygens (including phenoxy) is 1. The smallest absolute Gasteiger partial charge is 0.274 e. The van der Waals surface area contributed by atoms with Crippen molar-refractivity contribution in [2.24, 2.45) is 5.73 Å². The molecule has 2 atom stereocenters. The number of nitrogens with one attached hydrogen (secondary N) is 1. The molecule has 0 radical (unpaired) electrons. The molecule has 0 unspecified atom stereocenters. The molecule has 5 rings (SSSR count). The summed E-state index contributed by atoms with van der Waals surface area (Å²) in [6.07, 6.45) is 4.86. The van der Waals surface area contributed by atoms with Gasteiger partial charge in [-0.1, -0.05) is 0 Å². The van der Waals surface area contributed by atoms with Gasteiger partial charge in [0.05, 0.1) is 18.3 Å². The predicted octanol–water partition coefficient (Wildman–Crippen LogP) is 2.02. The van der Waals surface area contributed by atoms with Crippen molar-refractivity contribution in [2.45, 2.75) is 50.0 Å². The summed E-state index contributed by atoms with van der Waals surface area (Å²) in [6.45, 7) is 0. The molecule has 3 heterocycles. The third-order valence-corrected chi connectivity index (χ3v) is 6.74. The van der Waals surface area contributed by atoms with Crippen LogP contribution in [-0.4, -0.2) is 57.5 Å². The summed E-state index contributed by atoms with van der Waals surface area (Å²) in [7, 11) is 3.62. The van der Waals surface area contributed by atoms with Crippen LogP contribution in [0.3, 0.4) is 0 Å². The zero-order valence-corrected chi connectivity index (χ0v) is 18.4. The van der Waals surface area contributed by atoms with E-state index in [1.807, 2.05) is 11.9 Å². The lowest BCUT2D eigenvalue weighted by atomic mass is 9.88. The molecule has 174 valence electrons. The molecule has 1 amide bonds. The molecule has 0 saturated heterocycles. The van der Waals surface area contributed by atoms with E-state index in [-0.39, 0.29) is 35.0 Å². The van der Waals surface area contributed by atoms with Crippen molar-refractivity contribution in [1.29, 1.82) is 0 Å². The van der Waals surface area contributed by atoms with Crippen LogP contribution in [0.2, 0.25) is 0 Å². The number of carbonyl (C=O) groups is 1. The van der Waals surface area contributed by atoms with Crippen LogP contribution in [0.1, 0.15) is 42.1 Å². The van der Waals surface area contributed by atoms with Crippen LogP contribution in [0.4, 0.5) is 21.7 Å². The second-order valence-corrected chi connectivity index (χ2v) is 8.67. The summed E-state index contributed by atoms with van der Waals surface area (Å²) >= 11 is 0. The molecular formula is C22H26FN7O3. The Kier molecular flexibility index (Phi) is 5.28. The number of carbonyl (C=O) groups excluding carboxylic acids is 1. The predicted molar refractivity (Wildman–Crippen MR) is 121 cm³/mol. The molecule has 10 nitrogen and oxygen atoms in total. The number of primary amides is 1. The van der Waals surface area contributed by atoms with E-state index in [2.05, 4.69) is 15.4 Å². The van der Waals surface area contributed by atoms with Gasteiger partial charge in [0.15, 0.2) is 5.65 Å². The van der Waals surface area contributed by atoms with Crippen molar-refractivity contribution in [2.75, 3.05) is 24.4 Å². The van der Waals surface area contributed by atoms with E-state index in [1.54, 1.807) is 40.6 Å². The molecule has 33 heavy (non-hydrogen) atoms. The van der Waals surface area contributed by atoms with Gasteiger partial charge in [0.25, 0.3) is 11.5 Å². The molecule has 0 spiro atoms. The van der Waals surface area contributed by atoms with Crippen LogP contribution < -0.4 is 21.5 Å². The van der Waals surface area contributed by atoms with Crippen LogP contribution >= 0.6 is 0 Å². The summed E-state index contributed by atoms with van der Waals surface area (Å²) < 4.78 is 22.0. The number of hydrogen-bond donors (Lipinski definition) is 2. The topological polar surface area (TPSA) is 120 Å². The Morgan fingerprint density at radius 1 is 1.36 bits per heavy atom. The SMILES string of the molecule is CO[C@H]1CC[C@@H]1N(C)c1cc(Nc2cccn(C3CC(F)C3)c2=O)nc2c(C(N)=O)cnn12. The average molecular weight is 455 g/mol. The molecule has 3 aromatic heterocycles. The minimum atomic E-state index is -0.864. The van der Waals surface area contributed by atoms with Gasteiger partial charge in [-0.3, -0.25) is 9.59 Å². The van der Waals surface area contributed by atoms with Crippen molar-refractivity contribution in [3.05, 3.63) is 46.5 Å². The standard InChI is InChI=1S/C22H26FN7O3/c1-28(16-5-6-17(16)33-2)19-10-18(27-21-14(20(24)31)11-25-30(19)21)26-15-4-3-7-29(22(15)32)13-8-12(23)9-13/h3-4,7,10-13,16-17H,5-6,8-9H2,1-2H3,(H2,24,31)(H,26,27)/t12?,13?,16-,17-/m0/s1. The lowest BCUT2D eigenvalue weighted by molar-refractivity contribution is 0.0192. The number of amides is 1. The van der Waals surface area contributed by atoms with Crippen molar-refractivity contribution in [3.63, 3.8) is 0 Å². The van der Waals surface area contributed by atoms with Crippen molar-refractivity contribution < 1.29 is 13.9 Å². The van der Waals surface area contributed by atoms with E-state index in [9.17, 15) is 14.0 Å². The number of anilines is 3. The van der Waals surface area contributed by atoms with E-state index in [1.165, 1.54) is 6.20 Å². The maximum Gasteiger partial charge on any atom is 0.274 e. The van der Waals surface area contributed by atoms with Gasteiger partial charge in [-0.15, -0.1) is 0 Å². The fourth-order valence-electron chi connectivity index (χ4n) is 4.56. The number of aromatic nitrogens is 4. The Bertz CT molecular complexity index is 1260. The van der Waals surface area contributed by atoms with Gasteiger partial charge in [0, 0.05) is 32.5 Å². The number of nitrogens with two attached hydrogens (primary N) is 1. The second kappa shape index (κ2) is 8.14. The summed E-state index contributed by atoms with van der Waals surface area (Å²) in [5.74, 6) is 0.402. The lowest BCUT2D eigenvalue weighted by Crippen LogP contribution is -2.50. The molecule has 2 saturated carbocycles. The molecule has 2 aliphatic rings. The van der Waals surface area contributed by atoms with Crippen LogP contribution in [0.25, 0.3) is 5.65 Å². The molecule has 2 aliphatic carbocycles. The van der Waals surface area contributed by atoms with Crippen LogP contribution in [0.5, 0.6) is 0 Å². The molecule has 0 aromatic carbocycles. The van der Waals surface area contributed by atoms with E-state index in [0.717, 1.165) is 12.8 Å². The first-order chi connectivity index (χ1) is 15.9. The fourth-order valence-corrected chi connectivity index (χ4v) is 4.56. The van der Waals surface area contributed by atoms with Crippen LogP contribution in [-0.2, 0) is 4.74 Å². The third kappa shape index (κ3) is 3.62. The highest BCUT2D eigenvalue weighted by molar-refractivity contribution is 5.99. The van der Waals surface area contributed by atoms with Crippen molar-refractivity contribution >= 4 is 28.9 Å². The molecule has 0 aliphatic heterocycles. The average Bonchev–Trinajstić information content (AvgIpc) is 3.16. The van der Waals surface area contributed by atoms with E-state index < -0.39 is 12.1 Å². The number of hydrogen-bond acceptors (Lipinski definition) is 7. The van der Waals surface area contributed by atoms with Gasteiger partial charge in [0.1, 0.15) is 29.1 Å². The van der Waals surface area contributed by atoms with Gasteiger partial charge < -0.3 is 25.3 Å². The number of pyridine rings is 1. The van der Waals surface area contributed by atoms with E-state index in [0.29, 0.717) is 30.2 Å². The fraction of sp³-hybridized carbons (Fsp3) is 0.455. The lowest BCUT2D eigenvalue weighted by Gasteiger charge is -2.42. The molecule has 0 bridgehead atoms. The first-order valence-electron chi connectivity index (χ1n) is 10.9. The Labute approximate surface area is 189 Å². The molecule has 2 fully saturated rings. The van der Waals surface area contributed by atoms with E-state index in [4.69, 9.17) is 10.5 Å². The number of likely N-dealkylation sites (N-methyl/N-ethyl adjacent to an activating group) is 1. The van der Waals surface area contributed by atoms with Crippen molar-refractivity contribution in [3.8, 4) is 0 Å². The Balaban J connectivity index is 1.55. The van der Waals surface area contributed by atoms with Crippen LogP contribution in [0.15, 0.2) is 35.4 Å². The maximum absolute atomic E-state index is 13.3.